The minimum atomic E-state index is 0.0834. The highest BCUT2D eigenvalue weighted by atomic mass is 35.5. The van der Waals surface area contributed by atoms with Gasteiger partial charge >= 0.3 is 0 Å². The average molecular weight is 245 g/mol. The van der Waals surface area contributed by atoms with Crippen molar-refractivity contribution in [2.75, 3.05) is 0 Å². The predicted molar refractivity (Wildman–Crippen MR) is 64.6 cm³/mol. The molecule has 0 aromatic heterocycles. The van der Waals surface area contributed by atoms with E-state index < -0.39 is 0 Å². The van der Waals surface area contributed by atoms with Gasteiger partial charge in [-0.1, -0.05) is 37.0 Å². The second-order valence-electron chi connectivity index (χ2n) is 3.69. The molecule has 0 aliphatic carbocycles. The zero-order valence-electron chi connectivity index (χ0n) is 8.89. The lowest BCUT2D eigenvalue weighted by Gasteiger charge is -2.08. The van der Waals surface area contributed by atoms with Crippen molar-refractivity contribution >= 4 is 29.0 Å². The molecule has 0 amide bonds. The largest absolute Gasteiger partial charge is 0.299 e. The molecule has 0 N–H and O–H groups in total. The first-order chi connectivity index (χ1) is 7.04. The molecule has 15 heavy (non-hydrogen) atoms. The molecule has 1 aromatic rings. The predicted octanol–water partition coefficient (Wildman–Crippen LogP) is 4.15. The van der Waals surface area contributed by atoms with Crippen molar-refractivity contribution in [1.29, 1.82) is 0 Å². The first-order valence-corrected chi connectivity index (χ1v) is 5.76. The van der Waals surface area contributed by atoms with Gasteiger partial charge in [0.25, 0.3) is 0 Å². The van der Waals surface area contributed by atoms with Gasteiger partial charge < -0.3 is 0 Å². The summed E-state index contributed by atoms with van der Waals surface area (Å²) in [5.41, 5.74) is 0.814. The molecule has 0 spiro atoms. The minimum Gasteiger partial charge on any atom is -0.299 e. The van der Waals surface area contributed by atoms with Crippen LogP contribution in [0, 0.1) is 5.92 Å². The van der Waals surface area contributed by atoms with E-state index in [4.69, 9.17) is 23.2 Å². The third kappa shape index (κ3) is 3.51. The summed E-state index contributed by atoms with van der Waals surface area (Å²) in [7, 11) is 0. The number of ketones is 1. The van der Waals surface area contributed by atoms with Crippen LogP contribution in [0.15, 0.2) is 18.2 Å². The van der Waals surface area contributed by atoms with E-state index in [-0.39, 0.29) is 11.7 Å². The lowest BCUT2D eigenvalue weighted by molar-refractivity contribution is -0.121. The van der Waals surface area contributed by atoms with Crippen LogP contribution in [-0.2, 0) is 11.2 Å². The lowest BCUT2D eigenvalue weighted by Crippen LogP contribution is -2.12. The number of hydrogen-bond donors (Lipinski definition) is 0. The number of carbonyl (C=O) groups excluding carboxylic acids is 1. The lowest BCUT2D eigenvalue weighted by atomic mass is 9.97. The summed E-state index contributed by atoms with van der Waals surface area (Å²) >= 11 is 11.8. The quantitative estimate of drug-likeness (QED) is 0.778. The van der Waals surface area contributed by atoms with Crippen molar-refractivity contribution in [3.8, 4) is 0 Å². The van der Waals surface area contributed by atoms with E-state index >= 15 is 0 Å². The van der Waals surface area contributed by atoms with Gasteiger partial charge in [0, 0.05) is 22.4 Å². The van der Waals surface area contributed by atoms with E-state index in [1.165, 1.54) is 0 Å². The molecule has 1 nitrogen and oxygen atoms in total. The second kappa shape index (κ2) is 5.53. The first kappa shape index (κ1) is 12.5. The molecule has 0 fully saturated rings. The van der Waals surface area contributed by atoms with Gasteiger partial charge in [-0.05, 0) is 30.2 Å². The minimum absolute atomic E-state index is 0.0834. The molecule has 0 heterocycles. The highest BCUT2D eigenvalue weighted by Gasteiger charge is 2.13. The fourth-order valence-corrected chi connectivity index (χ4v) is 1.65. The van der Waals surface area contributed by atoms with E-state index in [1.807, 2.05) is 13.8 Å². The summed E-state index contributed by atoms with van der Waals surface area (Å²) in [6, 6.07) is 5.20. The van der Waals surface area contributed by atoms with Gasteiger partial charge in [-0.3, -0.25) is 4.79 Å². The monoisotopic (exact) mass is 244 g/mol. The number of rotatable bonds is 4. The highest BCUT2D eigenvalue weighted by Crippen LogP contribution is 2.22. The molecule has 0 aliphatic heterocycles. The smallest absolute Gasteiger partial charge is 0.140 e. The Morgan fingerprint density at radius 3 is 2.67 bits per heavy atom. The summed E-state index contributed by atoms with van der Waals surface area (Å²) in [5.74, 6) is 0.293. The van der Waals surface area contributed by atoms with E-state index in [9.17, 15) is 4.79 Å². The molecule has 0 saturated carbocycles. The Balaban J connectivity index is 2.80. The van der Waals surface area contributed by atoms with Crippen LogP contribution in [0.3, 0.4) is 0 Å². The third-order valence-corrected chi connectivity index (χ3v) is 3.14. The number of hydrogen-bond acceptors (Lipinski definition) is 1. The summed E-state index contributed by atoms with van der Waals surface area (Å²) in [4.78, 5) is 11.7. The molecule has 0 bridgehead atoms. The SMILES string of the molecule is CCC(C)C(=O)Cc1cc(Cl)ccc1Cl. The molecule has 1 unspecified atom stereocenters. The molecule has 1 rings (SSSR count). The summed E-state index contributed by atoms with van der Waals surface area (Å²) in [5, 5.41) is 1.22. The topological polar surface area (TPSA) is 17.1 Å². The number of halogens is 2. The van der Waals surface area contributed by atoms with Crippen LogP contribution in [0.1, 0.15) is 25.8 Å². The molecule has 0 aliphatic rings. The number of Topliss-reactive ketones (excluding diaryl/α,β-unsaturated/α-hetero) is 1. The maximum Gasteiger partial charge on any atom is 0.140 e. The molecule has 1 atom stereocenters. The summed E-state index contributed by atoms with van der Waals surface area (Å²) < 4.78 is 0. The molecule has 0 radical (unpaired) electrons. The Morgan fingerprint density at radius 2 is 2.07 bits per heavy atom. The maximum absolute atomic E-state index is 11.7. The van der Waals surface area contributed by atoms with E-state index in [0.29, 0.717) is 16.5 Å². The fourth-order valence-electron chi connectivity index (χ4n) is 1.27. The van der Waals surface area contributed by atoms with Crippen LogP contribution >= 0.6 is 23.2 Å². The molecular weight excluding hydrogens is 231 g/mol. The van der Waals surface area contributed by atoms with Crippen LogP contribution < -0.4 is 0 Å². The van der Waals surface area contributed by atoms with Crippen LogP contribution in [0.2, 0.25) is 10.0 Å². The zero-order valence-corrected chi connectivity index (χ0v) is 10.4. The maximum atomic E-state index is 11.7. The fraction of sp³-hybridized carbons (Fsp3) is 0.417. The molecule has 82 valence electrons. The second-order valence-corrected chi connectivity index (χ2v) is 4.53. The van der Waals surface area contributed by atoms with Gasteiger partial charge in [0.2, 0.25) is 0 Å². The van der Waals surface area contributed by atoms with Gasteiger partial charge in [0.1, 0.15) is 5.78 Å². The van der Waals surface area contributed by atoms with Crippen molar-refractivity contribution in [1.82, 2.24) is 0 Å². The van der Waals surface area contributed by atoms with Crippen molar-refractivity contribution in [2.24, 2.45) is 5.92 Å². The zero-order chi connectivity index (χ0) is 11.4. The molecule has 3 heteroatoms. The third-order valence-electron chi connectivity index (χ3n) is 2.53. The van der Waals surface area contributed by atoms with Crippen LogP contribution in [0.4, 0.5) is 0 Å². The van der Waals surface area contributed by atoms with Gasteiger partial charge in [-0.15, -0.1) is 0 Å². The van der Waals surface area contributed by atoms with Gasteiger partial charge in [0.15, 0.2) is 0 Å². The standard InChI is InChI=1S/C12H14Cl2O/c1-3-8(2)12(15)7-9-6-10(13)4-5-11(9)14/h4-6,8H,3,7H2,1-2H3. The normalized spacial score (nSPS) is 12.5. The Morgan fingerprint density at radius 1 is 1.40 bits per heavy atom. The Bertz CT molecular complexity index is 361. The van der Waals surface area contributed by atoms with Gasteiger partial charge in [-0.25, -0.2) is 0 Å². The highest BCUT2D eigenvalue weighted by molar-refractivity contribution is 6.33. The Hall–Kier alpha value is -0.530. The van der Waals surface area contributed by atoms with Crippen molar-refractivity contribution in [3.05, 3.63) is 33.8 Å². The van der Waals surface area contributed by atoms with E-state index in [0.717, 1.165) is 12.0 Å². The van der Waals surface area contributed by atoms with Crippen LogP contribution in [0.25, 0.3) is 0 Å². The van der Waals surface area contributed by atoms with Crippen LogP contribution in [0.5, 0.6) is 0 Å². The Kier molecular flexibility index (Phi) is 4.62. The van der Waals surface area contributed by atoms with Gasteiger partial charge in [0.05, 0.1) is 0 Å². The van der Waals surface area contributed by atoms with Crippen molar-refractivity contribution in [2.45, 2.75) is 26.7 Å². The van der Waals surface area contributed by atoms with Gasteiger partial charge in [-0.2, -0.15) is 0 Å². The van der Waals surface area contributed by atoms with Crippen molar-refractivity contribution < 1.29 is 4.79 Å². The van der Waals surface area contributed by atoms with Crippen LogP contribution in [-0.4, -0.2) is 5.78 Å². The first-order valence-electron chi connectivity index (χ1n) is 5.01. The number of carbonyl (C=O) groups is 1. The van der Waals surface area contributed by atoms with E-state index in [2.05, 4.69) is 0 Å². The summed E-state index contributed by atoms with van der Waals surface area (Å²) in [6.07, 6.45) is 1.23. The van der Waals surface area contributed by atoms with Crippen molar-refractivity contribution in [3.63, 3.8) is 0 Å². The summed E-state index contributed by atoms with van der Waals surface area (Å²) in [6.45, 7) is 3.93. The average Bonchev–Trinajstić information content (AvgIpc) is 2.22. The Labute approximate surface area is 100 Å². The molecule has 0 saturated heterocycles. The molecule has 1 aromatic carbocycles. The molecular formula is C12H14Cl2O. The number of benzene rings is 1. The van der Waals surface area contributed by atoms with E-state index in [1.54, 1.807) is 18.2 Å².